The average Bonchev–Trinajstić information content (AvgIpc) is 2.91. The Bertz CT molecular complexity index is 481. The molecule has 1 aliphatic rings. The maximum Gasteiger partial charge on any atom is 0.255 e. The fourth-order valence-corrected chi connectivity index (χ4v) is 2.24. The first-order chi connectivity index (χ1) is 9.42. The molecule has 2 rings (SSSR count). The van der Waals surface area contributed by atoms with E-state index in [1.807, 2.05) is 13.8 Å². The number of ether oxygens (including phenoxy) is 1. The van der Waals surface area contributed by atoms with Crippen molar-refractivity contribution in [1.29, 1.82) is 0 Å². The van der Waals surface area contributed by atoms with Crippen molar-refractivity contribution in [3.05, 3.63) is 24.2 Å². The first-order valence-corrected chi connectivity index (χ1v) is 6.64. The Morgan fingerprint density at radius 1 is 1.45 bits per heavy atom. The fourth-order valence-electron chi connectivity index (χ4n) is 2.24. The summed E-state index contributed by atoms with van der Waals surface area (Å²) in [5, 5.41) is 2.69. The van der Waals surface area contributed by atoms with Crippen LogP contribution < -0.4 is 5.32 Å². The number of hydrogen-bond donors (Lipinski definition) is 1. The summed E-state index contributed by atoms with van der Waals surface area (Å²) in [5.74, 6) is -0.416. The summed E-state index contributed by atoms with van der Waals surface area (Å²) in [7, 11) is 0. The lowest BCUT2D eigenvalue weighted by Gasteiger charge is -2.43. The second-order valence-corrected chi connectivity index (χ2v) is 5.56. The van der Waals surface area contributed by atoms with Gasteiger partial charge in [-0.05, 0) is 26.8 Å². The van der Waals surface area contributed by atoms with Crippen molar-refractivity contribution in [2.75, 3.05) is 19.8 Å². The van der Waals surface area contributed by atoms with Gasteiger partial charge in [-0.15, -0.1) is 0 Å². The molecule has 0 unspecified atom stereocenters. The highest BCUT2D eigenvalue weighted by molar-refractivity contribution is 5.97. The number of rotatable bonds is 3. The molecule has 1 aromatic rings. The fraction of sp³-hybridized carbons (Fsp3) is 0.571. The molecule has 0 aromatic carbocycles. The summed E-state index contributed by atoms with van der Waals surface area (Å²) < 4.78 is 10.2. The van der Waals surface area contributed by atoms with E-state index in [1.54, 1.807) is 17.9 Å². The van der Waals surface area contributed by atoms with E-state index in [0.717, 1.165) is 0 Å². The van der Waals surface area contributed by atoms with Crippen LogP contribution in [0.3, 0.4) is 0 Å². The van der Waals surface area contributed by atoms with Crippen LogP contribution in [0.2, 0.25) is 0 Å². The van der Waals surface area contributed by atoms with Crippen molar-refractivity contribution in [3.8, 4) is 0 Å². The lowest BCUT2D eigenvalue weighted by atomic mass is 10.0. The Kier molecular flexibility index (Phi) is 4.13. The molecule has 1 atom stereocenters. The zero-order chi connectivity index (χ0) is 14.8. The van der Waals surface area contributed by atoms with E-state index in [0.29, 0.717) is 25.3 Å². The summed E-state index contributed by atoms with van der Waals surface area (Å²) in [6, 6.07) is 0.973. The highest BCUT2D eigenvalue weighted by Gasteiger charge is 2.36. The van der Waals surface area contributed by atoms with Crippen LogP contribution in [0.15, 0.2) is 23.0 Å². The number of morpholine rings is 1. The number of furan rings is 1. The van der Waals surface area contributed by atoms with Gasteiger partial charge in [0.1, 0.15) is 12.3 Å². The number of hydrogen-bond acceptors (Lipinski definition) is 4. The topological polar surface area (TPSA) is 71.8 Å². The first-order valence-electron chi connectivity index (χ1n) is 6.64. The molecule has 1 saturated heterocycles. The zero-order valence-electron chi connectivity index (χ0n) is 12.0. The SMILES string of the molecule is C[C@H](NC(=O)c1ccoc1)C(=O)N1CCOCC1(C)C. The second-order valence-electron chi connectivity index (χ2n) is 5.56. The summed E-state index contributed by atoms with van der Waals surface area (Å²) in [6.45, 7) is 7.16. The summed E-state index contributed by atoms with van der Waals surface area (Å²) in [6.07, 6.45) is 2.78. The molecular formula is C14H20N2O4. The summed E-state index contributed by atoms with van der Waals surface area (Å²) in [4.78, 5) is 26.1. The third kappa shape index (κ3) is 3.01. The first kappa shape index (κ1) is 14.6. The van der Waals surface area contributed by atoms with E-state index < -0.39 is 6.04 Å². The van der Waals surface area contributed by atoms with Crippen LogP contribution in [0.1, 0.15) is 31.1 Å². The predicted octanol–water partition coefficient (Wildman–Crippen LogP) is 1.04. The number of nitrogens with one attached hydrogen (secondary N) is 1. The van der Waals surface area contributed by atoms with Crippen LogP contribution in [0.25, 0.3) is 0 Å². The van der Waals surface area contributed by atoms with Crippen molar-refractivity contribution in [1.82, 2.24) is 10.2 Å². The van der Waals surface area contributed by atoms with E-state index >= 15 is 0 Å². The van der Waals surface area contributed by atoms with Gasteiger partial charge in [-0.25, -0.2) is 0 Å². The molecule has 0 spiro atoms. The van der Waals surface area contributed by atoms with Gasteiger partial charge in [0, 0.05) is 6.54 Å². The van der Waals surface area contributed by atoms with E-state index in [4.69, 9.17) is 9.15 Å². The predicted molar refractivity (Wildman–Crippen MR) is 72.2 cm³/mol. The van der Waals surface area contributed by atoms with Gasteiger partial charge in [-0.3, -0.25) is 9.59 Å². The minimum Gasteiger partial charge on any atom is -0.472 e. The summed E-state index contributed by atoms with van der Waals surface area (Å²) >= 11 is 0. The quantitative estimate of drug-likeness (QED) is 0.898. The lowest BCUT2D eigenvalue weighted by molar-refractivity contribution is -0.147. The number of carbonyl (C=O) groups is 2. The van der Waals surface area contributed by atoms with Crippen molar-refractivity contribution in [3.63, 3.8) is 0 Å². The molecule has 1 N–H and O–H groups in total. The van der Waals surface area contributed by atoms with E-state index in [-0.39, 0.29) is 17.4 Å². The average molecular weight is 280 g/mol. The van der Waals surface area contributed by atoms with Gasteiger partial charge >= 0.3 is 0 Å². The number of amides is 2. The van der Waals surface area contributed by atoms with Gasteiger partial charge in [-0.2, -0.15) is 0 Å². The van der Waals surface area contributed by atoms with Crippen LogP contribution in [0.4, 0.5) is 0 Å². The van der Waals surface area contributed by atoms with Gasteiger partial charge < -0.3 is 19.4 Å². The molecular weight excluding hydrogens is 260 g/mol. The number of carbonyl (C=O) groups excluding carboxylic acids is 2. The van der Waals surface area contributed by atoms with Crippen LogP contribution >= 0.6 is 0 Å². The standard InChI is InChI=1S/C14H20N2O4/c1-10(15-12(17)11-4-6-19-8-11)13(18)16-5-7-20-9-14(16,2)3/h4,6,8,10H,5,7,9H2,1-3H3,(H,15,17)/t10-/m0/s1. The molecule has 1 aliphatic heterocycles. The smallest absolute Gasteiger partial charge is 0.255 e. The van der Waals surface area contributed by atoms with Gasteiger partial charge in [0.15, 0.2) is 0 Å². The Labute approximate surface area is 118 Å². The maximum atomic E-state index is 12.5. The van der Waals surface area contributed by atoms with Gasteiger partial charge in [0.25, 0.3) is 5.91 Å². The van der Waals surface area contributed by atoms with Crippen molar-refractivity contribution >= 4 is 11.8 Å². The minimum atomic E-state index is -0.588. The van der Waals surface area contributed by atoms with E-state index in [2.05, 4.69) is 5.32 Å². The largest absolute Gasteiger partial charge is 0.472 e. The normalized spacial score (nSPS) is 19.4. The Hall–Kier alpha value is -1.82. The highest BCUT2D eigenvalue weighted by Crippen LogP contribution is 2.20. The molecule has 0 bridgehead atoms. The Morgan fingerprint density at radius 2 is 2.20 bits per heavy atom. The zero-order valence-corrected chi connectivity index (χ0v) is 12.0. The third-order valence-corrected chi connectivity index (χ3v) is 3.41. The molecule has 2 heterocycles. The summed E-state index contributed by atoms with van der Waals surface area (Å²) in [5.41, 5.74) is 0.0510. The molecule has 0 saturated carbocycles. The van der Waals surface area contributed by atoms with Gasteiger partial charge in [0.05, 0.1) is 30.6 Å². The van der Waals surface area contributed by atoms with Crippen LogP contribution in [-0.4, -0.2) is 48.1 Å². The van der Waals surface area contributed by atoms with Crippen molar-refractivity contribution < 1.29 is 18.7 Å². The second kappa shape index (κ2) is 5.66. The Balaban J connectivity index is 1.99. The van der Waals surface area contributed by atoms with Gasteiger partial charge in [-0.1, -0.05) is 0 Å². The lowest BCUT2D eigenvalue weighted by Crippen LogP contribution is -2.59. The molecule has 1 fully saturated rings. The highest BCUT2D eigenvalue weighted by atomic mass is 16.5. The van der Waals surface area contributed by atoms with Gasteiger partial charge in [0.2, 0.25) is 5.91 Å². The molecule has 0 radical (unpaired) electrons. The van der Waals surface area contributed by atoms with Crippen molar-refractivity contribution in [2.24, 2.45) is 0 Å². The van der Waals surface area contributed by atoms with E-state index in [1.165, 1.54) is 12.5 Å². The maximum absolute atomic E-state index is 12.5. The molecule has 2 amide bonds. The minimum absolute atomic E-state index is 0.102. The molecule has 110 valence electrons. The number of nitrogens with zero attached hydrogens (tertiary/aromatic N) is 1. The van der Waals surface area contributed by atoms with Crippen LogP contribution in [0.5, 0.6) is 0 Å². The van der Waals surface area contributed by atoms with Crippen molar-refractivity contribution in [2.45, 2.75) is 32.4 Å². The third-order valence-electron chi connectivity index (χ3n) is 3.41. The van der Waals surface area contributed by atoms with Crippen LogP contribution in [0, 0.1) is 0 Å². The molecule has 1 aromatic heterocycles. The monoisotopic (exact) mass is 280 g/mol. The van der Waals surface area contributed by atoms with Crippen LogP contribution in [-0.2, 0) is 9.53 Å². The molecule has 6 heteroatoms. The van der Waals surface area contributed by atoms with E-state index in [9.17, 15) is 9.59 Å². The molecule has 20 heavy (non-hydrogen) atoms. The molecule has 6 nitrogen and oxygen atoms in total. The Morgan fingerprint density at radius 3 is 2.80 bits per heavy atom. The molecule has 0 aliphatic carbocycles.